The third-order valence-corrected chi connectivity index (χ3v) is 4.98. The molecule has 7 nitrogen and oxygen atoms in total. The first-order valence-corrected chi connectivity index (χ1v) is 7.01. The lowest BCUT2D eigenvalue weighted by molar-refractivity contribution is -0.268. The highest BCUT2D eigenvalue weighted by Gasteiger charge is 2.78. The number of ether oxygens (including phenoxy) is 2. The summed E-state index contributed by atoms with van der Waals surface area (Å²) in [7, 11) is 0. The summed E-state index contributed by atoms with van der Waals surface area (Å²) in [5.74, 6) is -2.31. The summed E-state index contributed by atoms with van der Waals surface area (Å²) < 4.78 is 11.5. The van der Waals surface area contributed by atoms with Crippen LogP contribution in [0.25, 0.3) is 0 Å². The number of hydrogen-bond donors (Lipinski definition) is 1. The van der Waals surface area contributed by atoms with E-state index in [1.165, 1.54) is 6.20 Å². The summed E-state index contributed by atoms with van der Waals surface area (Å²) in [6.45, 7) is 3.28. The van der Waals surface area contributed by atoms with Crippen LogP contribution in [0.3, 0.4) is 0 Å². The predicted molar refractivity (Wildman–Crippen MR) is 76.1 cm³/mol. The number of rotatable bonds is 1. The van der Waals surface area contributed by atoms with Gasteiger partial charge in [0.15, 0.2) is 5.41 Å². The van der Waals surface area contributed by atoms with Crippen molar-refractivity contribution in [3.05, 3.63) is 30.1 Å². The Morgan fingerprint density at radius 2 is 1.96 bits per heavy atom. The molecule has 0 amide bonds. The molecule has 2 bridgehead atoms. The molecule has 1 aromatic rings. The monoisotopic (exact) mass is 307 g/mol. The van der Waals surface area contributed by atoms with Gasteiger partial charge in [-0.05, 0) is 6.07 Å². The largest absolute Gasteiger partial charge is 0.448 e. The Morgan fingerprint density at radius 1 is 1.26 bits per heavy atom. The van der Waals surface area contributed by atoms with Crippen LogP contribution in [-0.2, 0) is 9.47 Å². The van der Waals surface area contributed by atoms with E-state index in [2.05, 4.69) is 4.98 Å². The molecule has 0 aliphatic carbocycles. The van der Waals surface area contributed by atoms with Gasteiger partial charge in [0, 0.05) is 24.9 Å². The Hall–Kier alpha value is -2.95. The number of nitriles is 3. The van der Waals surface area contributed by atoms with Gasteiger partial charge in [-0.1, -0.05) is 13.0 Å². The van der Waals surface area contributed by atoms with Crippen LogP contribution in [0.5, 0.6) is 0 Å². The second kappa shape index (κ2) is 4.52. The van der Waals surface area contributed by atoms with Gasteiger partial charge in [0.2, 0.25) is 17.1 Å². The van der Waals surface area contributed by atoms with Gasteiger partial charge < -0.3 is 9.47 Å². The average molecular weight is 307 g/mol. The summed E-state index contributed by atoms with van der Waals surface area (Å²) >= 11 is 0. The maximum Gasteiger partial charge on any atom is 0.214 e. The van der Waals surface area contributed by atoms with E-state index in [1.807, 2.05) is 18.2 Å². The van der Waals surface area contributed by atoms with E-state index in [0.717, 1.165) is 0 Å². The molecule has 0 unspecified atom stereocenters. The fourth-order valence-corrected chi connectivity index (χ4v) is 3.54. The van der Waals surface area contributed by atoms with E-state index in [4.69, 9.17) is 14.9 Å². The van der Waals surface area contributed by atoms with Gasteiger partial charge in [-0.15, -0.1) is 0 Å². The second-order valence-corrected chi connectivity index (χ2v) is 5.90. The van der Waals surface area contributed by atoms with Crippen LogP contribution in [0.15, 0.2) is 24.5 Å². The van der Waals surface area contributed by atoms with Crippen LogP contribution in [-0.4, -0.2) is 16.7 Å². The molecule has 1 N–H and O–H groups in total. The Kier molecular flexibility index (Phi) is 2.94. The molecule has 0 aromatic carbocycles. The lowest BCUT2D eigenvalue weighted by Gasteiger charge is -2.47. The van der Waals surface area contributed by atoms with Crippen LogP contribution in [0, 0.1) is 56.2 Å². The van der Waals surface area contributed by atoms with Crippen LogP contribution in [0.4, 0.5) is 0 Å². The molecule has 2 aliphatic heterocycles. The zero-order valence-corrected chi connectivity index (χ0v) is 12.6. The van der Waals surface area contributed by atoms with Crippen LogP contribution in [0.2, 0.25) is 0 Å². The van der Waals surface area contributed by atoms with Gasteiger partial charge in [-0.25, -0.2) is 0 Å². The highest BCUT2D eigenvalue weighted by atomic mass is 16.7. The fourth-order valence-electron chi connectivity index (χ4n) is 3.54. The zero-order valence-electron chi connectivity index (χ0n) is 12.6. The minimum atomic E-state index is -1.91. The average Bonchev–Trinajstić information content (AvgIpc) is 2.71. The molecule has 1 aromatic heterocycles. The van der Waals surface area contributed by atoms with Gasteiger partial charge in [-0.2, -0.15) is 15.8 Å². The molecule has 0 radical (unpaired) electrons. The molecule has 0 saturated carbocycles. The van der Waals surface area contributed by atoms with Crippen molar-refractivity contribution in [1.82, 2.24) is 4.98 Å². The molecule has 3 rings (SSSR count). The van der Waals surface area contributed by atoms with Crippen molar-refractivity contribution in [2.75, 3.05) is 0 Å². The number of fused-ring (bicyclic) bond motifs is 2. The highest BCUT2D eigenvalue weighted by Crippen LogP contribution is 2.66. The number of pyridine rings is 1. The van der Waals surface area contributed by atoms with Crippen molar-refractivity contribution in [2.45, 2.75) is 25.7 Å². The van der Waals surface area contributed by atoms with Crippen molar-refractivity contribution >= 4 is 5.90 Å². The molecule has 2 aliphatic rings. The normalized spacial score (nSPS) is 37.1. The summed E-state index contributed by atoms with van der Waals surface area (Å²) in [5.41, 5.74) is -3.12. The van der Waals surface area contributed by atoms with Crippen LogP contribution < -0.4 is 0 Å². The van der Waals surface area contributed by atoms with Gasteiger partial charge >= 0.3 is 0 Å². The topological polar surface area (TPSA) is 127 Å². The van der Waals surface area contributed by atoms with E-state index in [9.17, 15) is 15.8 Å². The van der Waals surface area contributed by atoms with E-state index >= 15 is 0 Å². The van der Waals surface area contributed by atoms with Crippen LogP contribution in [0.1, 0.15) is 25.5 Å². The molecule has 7 heteroatoms. The Morgan fingerprint density at radius 3 is 2.48 bits per heavy atom. The van der Waals surface area contributed by atoms with Crippen molar-refractivity contribution in [2.24, 2.45) is 16.7 Å². The third kappa shape index (κ3) is 1.49. The molecular formula is C16H13N5O2. The fraction of sp³-hybridized carbons (Fsp3) is 0.438. The Bertz CT molecular complexity index is 788. The molecule has 114 valence electrons. The predicted octanol–water partition coefficient (Wildman–Crippen LogP) is 2.06. The first kappa shape index (κ1) is 15.0. The number of nitrogens with zero attached hydrogens (tertiary/aromatic N) is 4. The molecule has 23 heavy (non-hydrogen) atoms. The molecule has 2 saturated heterocycles. The van der Waals surface area contributed by atoms with E-state index in [1.54, 1.807) is 32.2 Å². The highest BCUT2D eigenvalue weighted by molar-refractivity contribution is 5.89. The minimum absolute atomic E-state index is 0.399. The number of aromatic nitrogens is 1. The maximum atomic E-state index is 9.84. The molecule has 2 fully saturated rings. The van der Waals surface area contributed by atoms with Gasteiger partial charge in [-0.3, -0.25) is 10.4 Å². The SMILES string of the molecule is C[C@H]1[C@]2(C)OC(=N)[C@@]1(C#N)C(C#N)(C#N)[C@@H](c1cccnc1)O2. The minimum Gasteiger partial charge on any atom is -0.448 e. The van der Waals surface area contributed by atoms with E-state index < -0.39 is 34.5 Å². The maximum absolute atomic E-state index is 9.84. The van der Waals surface area contributed by atoms with Crippen LogP contribution >= 0.6 is 0 Å². The number of nitrogens with one attached hydrogen (secondary N) is 1. The molecule has 3 heterocycles. The smallest absolute Gasteiger partial charge is 0.214 e. The first-order chi connectivity index (χ1) is 10.9. The summed E-state index contributed by atoms with van der Waals surface area (Å²) in [6.07, 6.45) is 2.00. The lowest BCUT2D eigenvalue weighted by Crippen LogP contribution is -2.57. The number of hydrogen-bond acceptors (Lipinski definition) is 7. The van der Waals surface area contributed by atoms with Gasteiger partial charge in [0.05, 0.1) is 24.1 Å². The Labute approximate surface area is 133 Å². The molecule has 4 atom stereocenters. The van der Waals surface area contributed by atoms with Crippen molar-refractivity contribution in [1.29, 1.82) is 21.2 Å². The van der Waals surface area contributed by atoms with Gasteiger partial charge in [0.1, 0.15) is 6.10 Å². The van der Waals surface area contributed by atoms with Crippen molar-refractivity contribution in [3.63, 3.8) is 0 Å². The zero-order chi connectivity index (χ0) is 16.9. The standard InChI is InChI=1S/C16H13N5O2/c1-10-14(2)22-12(11-4-3-5-21-6-11)15(7-17,8-18)16(10,9-19)13(20)23-14/h3-6,10,12,20H,1-2H3/t10-,12+,14-,16-/m0/s1. The first-order valence-electron chi connectivity index (χ1n) is 7.01. The summed E-state index contributed by atoms with van der Waals surface area (Å²) in [4.78, 5) is 4.00. The third-order valence-electron chi connectivity index (χ3n) is 4.98. The molecular weight excluding hydrogens is 294 g/mol. The quantitative estimate of drug-likeness (QED) is 0.846. The summed E-state index contributed by atoms with van der Waals surface area (Å²) in [6, 6.07) is 9.28. The summed E-state index contributed by atoms with van der Waals surface area (Å²) in [5, 5.41) is 37.7. The van der Waals surface area contributed by atoms with E-state index in [-0.39, 0.29) is 0 Å². The van der Waals surface area contributed by atoms with Crippen molar-refractivity contribution in [3.8, 4) is 18.2 Å². The Balaban J connectivity index is 2.34. The van der Waals surface area contributed by atoms with Gasteiger partial charge in [0.25, 0.3) is 0 Å². The van der Waals surface area contributed by atoms with Crippen molar-refractivity contribution < 1.29 is 9.47 Å². The van der Waals surface area contributed by atoms with E-state index in [0.29, 0.717) is 5.56 Å². The molecule has 0 spiro atoms. The lowest BCUT2D eigenvalue weighted by atomic mass is 9.54. The second-order valence-electron chi connectivity index (χ2n) is 5.90.